The molecule has 0 atom stereocenters. The van der Waals surface area contributed by atoms with Crippen LogP contribution in [-0.4, -0.2) is 33.6 Å². The Hall–Kier alpha value is -4.91. The summed E-state index contributed by atoms with van der Waals surface area (Å²) in [4.78, 5) is 19.0. The molecule has 221 valence electrons. The van der Waals surface area contributed by atoms with Crippen molar-refractivity contribution in [1.29, 1.82) is 0 Å². The number of fused-ring (bicyclic) bond motifs is 3. The van der Waals surface area contributed by atoms with Gasteiger partial charge in [-0.3, -0.25) is 4.98 Å². The molecule has 0 saturated heterocycles. The normalized spacial score (nSPS) is 10.7. The van der Waals surface area contributed by atoms with Crippen molar-refractivity contribution in [2.45, 2.75) is 0 Å². The molecule has 0 fully saturated rings. The van der Waals surface area contributed by atoms with Gasteiger partial charge in [0.2, 0.25) is 0 Å². The monoisotopic (exact) mass is 754 g/mol. The van der Waals surface area contributed by atoms with Crippen LogP contribution in [0.2, 0.25) is 0 Å². The van der Waals surface area contributed by atoms with Gasteiger partial charge in [0.05, 0.1) is 38.9 Å². The first-order valence-electron chi connectivity index (χ1n) is 13.8. The van der Waals surface area contributed by atoms with E-state index in [0.29, 0.717) is 0 Å². The molecule has 44 heavy (non-hydrogen) atoms. The van der Waals surface area contributed by atoms with Crippen molar-refractivity contribution < 1.29 is 20.1 Å². The number of rotatable bonds is 3. The fourth-order valence-electron chi connectivity index (χ4n) is 5.35. The first-order chi connectivity index (χ1) is 20.6. The third kappa shape index (κ3) is 5.46. The molecule has 0 aliphatic heterocycles. The van der Waals surface area contributed by atoms with Crippen LogP contribution >= 0.6 is 0 Å². The molecule has 8 rings (SSSR count). The van der Waals surface area contributed by atoms with E-state index in [1.54, 1.807) is 0 Å². The fourth-order valence-corrected chi connectivity index (χ4v) is 5.35. The average molecular weight is 754 g/mol. The zero-order chi connectivity index (χ0) is 28.6. The number of aromatic nitrogens is 7. The van der Waals surface area contributed by atoms with Gasteiger partial charge >= 0.3 is 0 Å². The maximum absolute atomic E-state index is 4.86. The molecule has 1 radical (unpaired) electrons. The van der Waals surface area contributed by atoms with E-state index in [-0.39, 0.29) is 27.5 Å². The van der Waals surface area contributed by atoms with Gasteiger partial charge in [0.25, 0.3) is 0 Å². The Morgan fingerprint density at radius 3 is 1.30 bits per heavy atom. The smallest absolute Gasteiger partial charge is 0.159 e. The van der Waals surface area contributed by atoms with Crippen LogP contribution in [0, 0.1) is 13.5 Å². The zero-order valence-corrected chi connectivity index (χ0v) is 27.3. The number of imidazole rings is 3. The number of para-hydroxylation sites is 6. The molecular formula is C36H31IrN7-2. The minimum atomic E-state index is 0. The topological polar surface area (TPSA) is 66.3 Å². The van der Waals surface area contributed by atoms with Gasteiger partial charge in [-0.2, -0.15) is 0 Å². The number of hydrogen-bond acceptors (Lipinski definition) is 4. The maximum Gasteiger partial charge on any atom is 0.159 e. The van der Waals surface area contributed by atoms with E-state index in [4.69, 9.17) is 15.0 Å². The van der Waals surface area contributed by atoms with Gasteiger partial charge in [-0.25, -0.2) is 15.0 Å². The van der Waals surface area contributed by atoms with Crippen LogP contribution in [0.15, 0.2) is 115 Å². The van der Waals surface area contributed by atoms with E-state index in [2.05, 4.69) is 43.0 Å². The zero-order valence-electron chi connectivity index (χ0n) is 24.9. The molecule has 0 bridgehead atoms. The summed E-state index contributed by atoms with van der Waals surface area (Å²) in [5, 5.41) is 0. The second kappa shape index (κ2) is 12.8. The summed E-state index contributed by atoms with van der Waals surface area (Å²) >= 11 is 0. The molecule has 4 heterocycles. The minimum absolute atomic E-state index is 0. The van der Waals surface area contributed by atoms with Crippen molar-refractivity contribution in [2.24, 2.45) is 21.1 Å². The quantitative estimate of drug-likeness (QED) is 0.174. The van der Waals surface area contributed by atoms with Crippen molar-refractivity contribution in [1.82, 2.24) is 33.6 Å². The van der Waals surface area contributed by atoms with Crippen LogP contribution in [0.5, 0.6) is 0 Å². The average Bonchev–Trinajstić information content (AvgIpc) is 3.69. The van der Waals surface area contributed by atoms with E-state index in [0.717, 1.165) is 67.5 Å². The molecule has 0 aliphatic rings. The van der Waals surface area contributed by atoms with Crippen molar-refractivity contribution in [2.75, 3.05) is 0 Å². The molecule has 0 saturated carbocycles. The third-order valence-corrected chi connectivity index (χ3v) is 7.52. The van der Waals surface area contributed by atoms with Gasteiger partial charge in [-0.05, 0) is 48.5 Å². The van der Waals surface area contributed by atoms with E-state index >= 15 is 0 Å². The van der Waals surface area contributed by atoms with Gasteiger partial charge in [-0.1, -0.05) is 42.5 Å². The number of hydrogen-bond donors (Lipinski definition) is 0. The molecule has 8 heteroatoms. The van der Waals surface area contributed by atoms with Crippen LogP contribution in [0.4, 0.5) is 0 Å². The Bertz CT molecular complexity index is 2100. The molecule has 0 amide bonds. The van der Waals surface area contributed by atoms with Crippen molar-refractivity contribution in [3.8, 4) is 34.4 Å². The van der Waals surface area contributed by atoms with Gasteiger partial charge < -0.3 is 21.1 Å². The molecule has 7 nitrogen and oxygen atoms in total. The molecule has 0 aliphatic carbocycles. The van der Waals surface area contributed by atoms with Crippen LogP contribution in [0.25, 0.3) is 67.5 Å². The van der Waals surface area contributed by atoms with E-state index in [9.17, 15) is 0 Å². The third-order valence-electron chi connectivity index (χ3n) is 7.52. The molecule has 8 aromatic rings. The summed E-state index contributed by atoms with van der Waals surface area (Å²) in [5.41, 5.74) is 9.02. The summed E-state index contributed by atoms with van der Waals surface area (Å²) in [7, 11) is 6.08. The van der Waals surface area contributed by atoms with E-state index in [1.807, 2.05) is 118 Å². The molecule has 4 aromatic carbocycles. The number of aryl methyl sites for hydroxylation is 3. The van der Waals surface area contributed by atoms with Gasteiger partial charge in [0.1, 0.15) is 11.4 Å². The van der Waals surface area contributed by atoms with Gasteiger partial charge in [0.15, 0.2) is 11.6 Å². The Morgan fingerprint density at radius 1 is 0.455 bits per heavy atom. The standard InChI is InChI=1S/C21H17N5.C14H11N2.CH3.Ir/c1-25-18-12-5-3-8-14(18)23-20(25)16-10-7-11-17(22-16)21-24-15-9-4-6-13-19(15)26(21)2;1-16-13-10-6-5-9-12(13)15-14(16)11-7-3-2-4-8-11;;/h3-13H,1-2H3;2-7,9-10H,1H3;1H3;/q;2*-1;. The van der Waals surface area contributed by atoms with Crippen LogP contribution < -0.4 is 0 Å². The summed E-state index contributed by atoms with van der Waals surface area (Å²) < 4.78 is 6.26. The summed E-state index contributed by atoms with van der Waals surface area (Å²) in [6.45, 7) is 0. The van der Waals surface area contributed by atoms with Crippen LogP contribution in [0.3, 0.4) is 0 Å². The molecule has 0 unspecified atom stereocenters. The van der Waals surface area contributed by atoms with Gasteiger partial charge in [0, 0.05) is 41.2 Å². The second-order valence-electron chi connectivity index (χ2n) is 10.1. The SMILES string of the molecule is Cn1c(-c2[c-]cccc2)nc2ccccc21.Cn1c(-c2cccc(-c3nc4ccccc4n3C)n2)nc2ccccc21.[CH3-].[Ir]. The van der Waals surface area contributed by atoms with Crippen LogP contribution in [0.1, 0.15) is 0 Å². The van der Waals surface area contributed by atoms with Crippen molar-refractivity contribution in [3.05, 3.63) is 129 Å². The predicted octanol–water partition coefficient (Wildman–Crippen LogP) is 7.68. The Kier molecular flexibility index (Phi) is 8.86. The maximum atomic E-state index is 4.86. The number of benzene rings is 4. The summed E-state index contributed by atoms with van der Waals surface area (Å²) in [6.07, 6.45) is 0. The Labute approximate surface area is 270 Å². The van der Waals surface area contributed by atoms with E-state index < -0.39 is 0 Å². The van der Waals surface area contributed by atoms with Gasteiger partial charge in [-0.15, -0.1) is 35.9 Å². The Balaban J connectivity index is 0.000000185. The largest absolute Gasteiger partial charge is 0.367 e. The van der Waals surface area contributed by atoms with Crippen molar-refractivity contribution in [3.63, 3.8) is 0 Å². The van der Waals surface area contributed by atoms with Crippen LogP contribution in [-0.2, 0) is 41.2 Å². The number of pyridine rings is 1. The molecular weight excluding hydrogens is 723 g/mol. The number of nitrogens with zero attached hydrogens (tertiary/aromatic N) is 7. The minimum Gasteiger partial charge on any atom is -0.367 e. The molecule has 0 spiro atoms. The van der Waals surface area contributed by atoms with E-state index in [1.165, 1.54) is 0 Å². The van der Waals surface area contributed by atoms with Crippen molar-refractivity contribution >= 4 is 33.1 Å². The summed E-state index contributed by atoms with van der Waals surface area (Å²) in [5.74, 6) is 2.67. The first-order valence-corrected chi connectivity index (χ1v) is 13.8. The summed E-state index contributed by atoms with van der Waals surface area (Å²) in [6, 6.07) is 41.5. The fraction of sp³-hybridized carbons (Fsp3) is 0.0833. The second-order valence-corrected chi connectivity index (χ2v) is 10.1. The molecule has 4 aromatic heterocycles. The first kappa shape index (κ1) is 30.5. The predicted molar refractivity (Wildman–Crippen MR) is 175 cm³/mol. The Morgan fingerprint density at radius 2 is 0.864 bits per heavy atom. The molecule has 0 N–H and O–H groups in total.